The summed E-state index contributed by atoms with van der Waals surface area (Å²) in [5, 5.41) is 4.94. The second-order valence-corrected chi connectivity index (χ2v) is 8.31. The van der Waals surface area contributed by atoms with Gasteiger partial charge in [-0.25, -0.2) is 13.1 Å². The Bertz CT molecular complexity index is 563. The minimum atomic E-state index is -3.43. The number of thiophene rings is 1. The Morgan fingerprint density at radius 3 is 2.67 bits per heavy atom. The first-order chi connectivity index (χ1) is 9.95. The summed E-state index contributed by atoms with van der Waals surface area (Å²) in [6, 6.07) is 0.244. The van der Waals surface area contributed by atoms with Crippen molar-refractivity contribution in [3.05, 3.63) is 15.8 Å². The molecule has 1 fully saturated rings. The molecular weight excluding hydrogens is 306 g/mol. The van der Waals surface area contributed by atoms with Crippen molar-refractivity contribution in [2.24, 2.45) is 0 Å². The summed E-state index contributed by atoms with van der Waals surface area (Å²) < 4.78 is 27.9. The number of nitrogens with zero attached hydrogens (tertiary/aromatic N) is 1. The normalized spacial score (nSPS) is 18.2. The Balaban J connectivity index is 2.06. The Kier molecular flexibility index (Phi) is 5.79. The second kappa shape index (κ2) is 7.19. The molecule has 1 aliphatic heterocycles. The van der Waals surface area contributed by atoms with Crippen LogP contribution in [0.4, 0.5) is 0 Å². The number of aryl methyl sites for hydroxylation is 1. The summed E-state index contributed by atoms with van der Waals surface area (Å²) in [4.78, 5) is 3.67. The number of hydrogen-bond donors (Lipinski definition) is 2. The lowest BCUT2D eigenvalue weighted by Gasteiger charge is -2.24. The van der Waals surface area contributed by atoms with Gasteiger partial charge in [0.15, 0.2) is 0 Å². The molecule has 5 nitrogen and oxygen atoms in total. The van der Waals surface area contributed by atoms with E-state index in [-0.39, 0.29) is 6.04 Å². The molecule has 0 saturated carbocycles. The van der Waals surface area contributed by atoms with Crippen LogP contribution in [0.25, 0.3) is 0 Å². The maximum atomic E-state index is 12.6. The Hall–Kier alpha value is -0.470. The molecule has 0 bridgehead atoms. The number of rotatable bonds is 7. The molecule has 0 radical (unpaired) electrons. The monoisotopic (exact) mass is 331 g/mol. The van der Waals surface area contributed by atoms with Crippen molar-refractivity contribution in [2.45, 2.75) is 44.2 Å². The highest BCUT2D eigenvalue weighted by Gasteiger charge is 2.25. The summed E-state index contributed by atoms with van der Waals surface area (Å²) in [5.74, 6) is 0. The van der Waals surface area contributed by atoms with Gasteiger partial charge in [-0.15, -0.1) is 11.3 Å². The molecular formula is C14H25N3O2S2. The van der Waals surface area contributed by atoms with Gasteiger partial charge in [-0.2, -0.15) is 0 Å². The number of hydrogen-bond acceptors (Lipinski definition) is 5. The molecule has 1 aromatic rings. The quantitative estimate of drug-likeness (QED) is 0.796. The average molecular weight is 332 g/mol. The molecule has 0 aliphatic carbocycles. The van der Waals surface area contributed by atoms with Crippen molar-refractivity contribution in [3.63, 3.8) is 0 Å². The molecule has 7 heteroatoms. The first-order valence-corrected chi connectivity index (χ1v) is 9.77. The molecule has 120 valence electrons. The Labute approximate surface area is 131 Å². The molecule has 0 aromatic carbocycles. The first-order valence-electron chi connectivity index (χ1n) is 7.41. The third kappa shape index (κ3) is 4.04. The van der Waals surface area contributed by atoms with Crippen molar-refractivity contribution in [3.8, 4) is 0 Å². The van der Waals surface area contributed by atoms with E-state index in [0.717, 1.165) is 23.5 Å². The van der Waals surface area contributed by atoms with Crippen LogP contribution >= 0.6 is 11.3 Å². The van der Waals surface area contributed by atoms with Crippen LogP contribution < -0.4 is 10.0 Å². The van der Waals surface area contributed by atoms with E-state index in [0.29, 0.717) is 18.0 Å². The van der Waals surface area contributed by atoms with Gasteiger partial charge in [-0.3, -0.25) is 4.90 Å². The maximum absolute atomic E-state index is 12.6. The van der Waals surface area contributed by atoms with Gasteiger partial charge < -0.3 is 5.32 Å². The Morgan fingerprint density at radius 2 is 2.05 bits per heavy atom. The summed E-state index contributed by atoms with van der Waals surface area (Å²) in [6.45, 7) is 7.14. The third-order valence-electron chi connectivity index (χ3n) is 3.93. The molecule has 1 saturated heterocycles. The first kappa shape index (κ1) is 16.9. The predicted molar refractivity (Wildman–Crippen MR) is 87.3 cm³/mol. The molecule has 1 aromatic heterocycles. The lowest BCUT2D eigenvalue weighted by atomic mass is 10.3. The molecule has 2 rings (SSSR count). The second-order valence-electron chi connectivity index (χ2n) is 5.65. The van der Waals surface area contributed by atoms with Gasteiger partial charge >= 0.3 is 0 Å². The number of likely N-dealkylation sites (tertiary alicyclic amines) is 1. The van der Waals surface area contributed by atoms with E-state index in [1.807, 2.05) is 19.4 Å². The van der Waals surface area contributed by atoms with Crippen LogP contribution in [-0.4, -0.2) is 46.0 Å². The SMILES string of the molecule is CNCc1scc(C)c1S(=O)(=O)NCC(C)N1CCCC1. The summed E-state index contributed by atoms with van der Waals surface area (Å²) in [7, 11) is -1.60. The van der Waals surface area contributed by atoms with Gasteiger partial charge in [-0.05, 0) is 57.8 Å². The largest absolute Gasteiger partial charge is 0.315 e. The zero-order chi connectivity index (χ0) is 15.5. The minimum absolute atomic E-state index is 0.244. The fraction of sp³-hybridized carbons (Fsp3) is 0.714. The fourth-order valence-electron chi connectivity index (χ4n) is 2.74. The van der Waals surface area contributed by atoms with E-state index < -0.39 is 10.0 Å². The minimum Gasteiger partial charge on any atom is -0.315 e. The van der Waals surface area contributed by atoms with E-state index in [1.165, 1.54) is 24.2 Å². The standard InChI is InChI=1S/C14H25N3O2S2/c1-11-10-20-13(9-15-3)14(11)21(18,19)16-8-12(2)17-6-4-5-7-17/h10,12,15-16H,4-9H2,1-3H3. The number of nitrogens with one attached hydrogen (secondary N) is 2. The van der Waals surface area contributed by atoms with E-state index in [2.05, 4.69) is 21.9 Å². The molecule has 2 N–H and O–H groups in total. The van der Waals surface area contributed by atoms with Crippen molar-refractivity contribution in [1.29, 1.82) is 0 Å². The van der Waals surface area contributed by atoms with Crippen molar-refractivity contribution < 1.29 is 8.42 Å². The van der Waals surface area contributed by atoms with Gasteiger partial charge in [0.25, 0.3) is 0 Å². The molecule has 0 amide bonds. The molecule has 0 spiro atoms. The van der Waals surface area contributed by atoms with Crippen LogP contribution in [-0.2, 0) is 16.6 Å². The van der Waals surface area contributed by atoms with E-state index in [1.54, 1.807) is 0 Å². The smallest absolute Gasteiger partial charge is 0.242 e. The van der Waals surface area contributed by atoms with Gasteiger partial charge in [0, 0.05) is 24.0 Å². The third-order valence-corrected chi connectivity index (χ3v) is 6.81. The molecule has 1 unspecified atom stereocenters. The lowest BCUT2D eigenvalue weighted by molar-refractivity contribution is 0.260. The highest BCUT2D eigenvalue weighted by molar-refractivity contribution is 7.89. The van der Waals surface area contributed by atoms with Crippen molar-refractivity contribution in [2.75, 3.05) is 26.7 Å². The summed E-state index contributed by atoms with van der Waals surface area (Å²) in [6.07, 6.45) is 2.43. The molecule has 1 atom stereocenters. The van der Waals surface area contributed by atoms with Gasteiger partial charge in [0.1, 0.15) is 4.90 Å². The topological polar surface area (TPSA) is 61.4 Å². The fourth-order valence-corrected chi connectivity index (χ4v) is 5.69. The van der Waals surface area contributed by atoms with Crippen LogP contribution in [0.15, 0.2) is 10.3 Å². The summed E-state index contributed by atoms with van der Waals surface area (Å²) in [5.41, 5.74) is 0.826. The molecule has 21 heavy (non-hydrogen) atoms. The van der Waals surface area contributed by atoms with E-state index >= 15 is 0 Å². The van der Waals surface area contributed by atoms with Crippen molar-refractivity contribution in [1.82, 2.24) is 14.9 Å². The summed E-state index contributed by atoms with van der Waals surface area (Å²) >= 11 is 1.50. The predicted octanol–water partition coefficient (Wildman–Crippen LogP) is 1.54. The van der Waals surface area contributed by atoms with Crippen molar-refractivity contribution >= 4 is 21.4 Å². The average Bonchev–Trinajstić information content (AvgIpc) is 3.07. The zero-order valence-electron chi connectivity index (χ0n) is 13.0. The van der Waals surface area contributed by atoms with Crippen LogP contribution in [0.2, 0.25) is 0 Å². The van der Waals surface area contributed by atoms with Gasteiger partial charge in [0.05, 0.1) is 0 Å². The highest BCUT2D eigenvalue weighted by atomic mass is 32.2. The van der Waals surface area contributed by atoms with Gasteiger partial charge in [-0.1, -0.05) is 0 Å². The zero-order valence-corrected chi connectivity index (χ0v) is 14.6. The lowest BCUT2D eigenvalue weighted by Crippen LogP contribution is -2.40. The van der Waals surface area contributed by atoms with Crippen LogP contribution in [0.3, 0.4) is 0 Å². The van der Waals surface area contributed by atoms with Crippen LogP contribution in [0, 0.1) is 6.92 Å². The van der Waals surface area contributed by atoms with E-state index in [4.69, 9.17) is 0 Å². The maximum Gasteiger partial charge on any atom is 0.242 e. The highest BCUT2D eigenvalue weighted by Crippen LogP contribution is 2.26. The van der Waals surface area contributed by atoms with Crippen LogP contribution in [0.1, 0.15) is 30.2 Å². The van der Waals surface area contributed by atoms with Crippen LogP contribution in [0.5, 0.6) is 0 Å². The Morgan fingerprint density at radius 1 is 1.38 bits per heavy atom. The molecule has 1 aliphatic rings. The van der Waals surface area contributed by atoms with E-state index in [9.17, 15) is 8.42 Å². The van der Waals surface area contributed by atoms with Gasteiger partial charge in [0.2, 0.25) is 10.0 Å². The molecule has 2 heterocycles. The number of sulfonamides is 1.